The van der Waals surface area contributed by atoms with Gasteiger partial charge in [0.1, 0.15) is 5.75 Å². The number of nitrogens with zero attached hydrogens (tertiary/aromatic N) is 2. The maximum atomic E-state index is 9.59. The molecule has 2 aromatic rings. The molecule has 0 aliphatic carbocycles. The Morgan fingerprint density at radius 3 is 2.80 bits per heavy atom. The molecule has 25 heavy (non-hydrogen) atoms. The van der Waals surface area contributed by atoms with Crippen molar-refractivity contribution in [3.05, 3.63) is 59.4 Å². The van der Waals surface area contributed by atoms with Crippen LogP contribution in [0.3, 0.4) is 0 Å². The number of aromatic nitrogens is 1. The lowest BCUT2D eigenvalue weighted by molar-refractivity contribution is 0.233. The summed E-state index contributed by atoms with van der Waals surface area (Å²) < 4.78 is 5.58. The minimum Gasteiger partial charge on any atom is -0.494 e. The van der Waals surface area contributed by atoms with Crippen molar-refractivity contribution in [3.8, 4) is 5.75 Å². The number of aliphatic hydroxyl groups is 1. The molecule has 134 valence electrons. The summed E-state index contributed by atoms with van der Waals surface area (Å²) in [6, 6.07) is 11.1. The van der Waals surface area contributed by atoms with Crippen molar-refractivity contribution in [2.24, 2.45) is 0 Å². The highest BCUT2D eigenvalue weighted by molar-refractivity contribution is 5.37. The maximum absolute atomic E-state index is 9.59. The highest BCUT2D eigenvalue weighted by Gasteiger charge is 2.24. The second-order valence-corrected chi connectivity index (χ2v) is 6.69. The van der Waals surface area contributed by atoms with Gasteiger partial charge >= 0.3 is 0 Å². The molecule has 4 nitrogen and oxygen atoms in total. The van der Waals surface area contributed by atoms with Crippen LogP contribution in [0.5, 0.6) is 5.75 Å². The molecule has 1 aromatic heterocycles. The van der Waals surface area contributed by atoms with Crippen LogP contribution >= 0.6 is 0 Å². The minimum atomic E-state index is 0.0225. The predicted molar refractivity (Wildman–Crippen MR) is 99.5 cm³/mol. The fraction of sp³-hybridized carbons (Fsp3) is 0.476. The summed E-state index contributed by atoms with van der Waals surface area (Å²) in [6.45, 7) is 4.71. The predicted octanol–water partition coefficient (Wildman–Crippen LogP) is 3.57. The van der Waals surface area contributed by atoms with Gasteiger partial charge in [-0.3, -0.25) is 9.88 Å². The summed E-state index contributed by atoms with van der Waals surface area (Å²) in [4.78, 5) is 6.67. The number of hydrogen-bond donors (Lipinski definition) is 1. The second kappa shape index (κ2) is 8.97. The lowest BCUT2D eigenvalue weighted by atomic mass is 10.0. The number of ether oxygens (including phenoxy) is 1. The fourth-order valence-electron chi connectivity index (χ4n) is 3.70. The molecule has 0 saturated carbocycles. The van der Waals surface area contributed by atoms with Gasteiger partial charge in [-0.2, -0.15) is 0 Å². The van der Waals surface area contributed by atoms with Gasteiger partial charge in [0, 0.05) is 30.5 Å². The zero-order valence-electron chi connectivity index (χ0n) is 15.0. The van der Waals surface area contributed by atoms with Gasteiger partial charge in [-0.25, -0.2) is 0 Å². The Hall–Kier alpha value is -1.91. The standard InChI is InChI=1S/C21H28N2O2/c1-2-25-21-8-6-18(14-19(21)16-24)15-23-13-3-4-20(23)7-5-17-9-11-22-12-10-17/h6,8-12,14,20,24H,2-5,7,13,15-16H2,1H3/t20-/m0/s1. The number of rotatable bonds is 8. The van der Waals surface area contributed by atoms with E-state index in [1.165, 1.54) is 30.4 Å². The van der Waals surface area contributed by atoms with Gasteiger partial charge in [0.15, 0.2) is 0 Å². The van der Waals surface area contributed by atoms with E-state index in [2.05, 4.69) is 34.1 Å². The topological polar surface area (TPSA) is 45.6 Å². The SMILES string of the molecule is CCOc1ccc(CN2CCC[C@H]2CCc2ccncc2)cc1CO. The summed E-state index contributed by atoms with van der Waals surface area (Å²) in [5.74, 6) is 0.796. The van der Waals surface area contributed by atoms with Crippen molar-refractivity contribution >= 4 is 0 Å². The van der Waals surface area contributed by atoms with Gasteiger partial charge in [0.05, 0.1) is 13.2 Å². The first-order valence-corrected chi connectivity index (χ1v) is 9.28. The summed E-state index contributed by atoms with van der Waals surface area (Å²) in [7, 11) is 0. The van der Waals surface area contributed by atoms with Crippen LogP contribution in [0.25, 0.3) is 0 Å². The van der Waals surface area contributed by atoms with Crippen LogP contribution in [0.1, 0.15) is 42.9 Å². The van der Waals surface area contributed by atoms with E-state index in [1.54, 1.807) is 0 Å². The van der Waals surface area contributed by atoms with Gasteiger partial charge < -0.3 is 9.84 Å². The molecule has 0 amide bonds. The first kappa shape index (κ1) is 17.9. The number of pyridine rings is 1. The van der Waals surface area contributed by atoms with Gasteiger partial charge in [-0.15, -0.1) is 0 Å². The van der Waals surface area contributed by atoms with Crippen LogP contribution in [0, 0.1) is 0 Å². The van der Waals surface area contributed by atoms with Crippen molar-refractivity contribution in [3.63, 3.8) is 0 Å². The van der Waals surface area contributed by atoms with Gasteiger partial charge in [-0.05, 0) is 74.5 Å². The Bertz CT molecular complexity index is 660. The molecule has 1 aliphatic heterocycles. The van der Waals surface area contributed by atoms with E-state index in [4.69, 9.17) is 4.74 Å². The molecule has 3 rings (SSSR count). The molecule has 0 radical (unpaired) electrons. The van der Waals surface area contributed by atoms with E-state index >= 15 is 0 Å². The molecule has 1 saturated heterocycles. The third kappa shape index (κ3) is 4.80. The molecular weight excluding hydrogens is 312 g/mol. The van der Waals surface area contributed by atoms with Crippen LogP contribution < -0.4 is 4.74 Å². The Balaban J connectivity index is 1.61. The molecular formula is C21H28N2O2. The molecule has 1 atom stereocenters. The van der Waals surface area contributed by atoms with Gasteiger partial charge in [0.2, 0.25) is 0 Å². The van der Waals surface area contributed by atoms with Crippen molar-refractivity contribution in [1.82, 2.24) is 9.88 Å². The van der Waals surface area contributed by atoms with Crippen LogP contribution in [0.2, 0.25) is 0 Å². The molecule has 0 bridgehead atoms. The molecule has 0 spiro atoms. The average Bonchev–Trinajstić information content (AvgIpc) is 3.09. The number of benzene rings is 1. The Morgan fingerprint density at radius 2 is 2.04 bits per heavy atom. The third-order valence-electron chi connectivity index (χ3n) is 5.00. The molecule has 2 heterocycles. The summed E-state index contributed by atoms with van der Waals surface area (Å²) in [5.41, 5.74) is 3.50. The molecule has 0 unspecified atom stereocenters. The highest BCUT2D eigenvalue weighted by Crippen LogP contribution is 2.26. The Morgan fingerprint density at radius 1 is 1.20 bits per heavy atom. The van der Waals surface area contributed by atoms with Crippen LogP contribution in [0.4, 0.5) is 0 Å². The van der Waals surface area contributed by atoms with E-state index in [1.807, 2.05) is 25.4 Å². The third-order valence-corrected chi connectivity index (χ3v) is 5.00. The zero-order valence-corrected chi connectivity index (χ0v) is 15.0. The first-order chi connectivity index (χ1) is 12.3. The van der Waals surface area contributed by atoms with E-state index in [0.29, 0.717) is 12.6 Å². The molecule has 1 fully saturated rings. The molecule has 4 heteroatoms. The van der Waals surface area contributed by atoms with Crippen molar-refractivity contribution in [2.45, 2.75) is 51.8 Å². The van der Waals surface area contributed by atoms with E-state index < -0.39 is 0 Å². The van der Waals surface area contributed by atoms with Crippen LogP contribution in [-0.2, 0) is 19.6 Å². The molecule has 1 aromatic carbocycles. The lowest BCUT2D eigenvalue weighted by Crippen LogP contribution is -2.29. The summed E-state index contributed by atoms with van der Waals surface area (Å²) in [5, 5.41) is 9.59. The maximum Gasteiger partial charge on any atom is 0.124 e. The summed E-state index contributed by atoms with van der Waals surface area (Å²) in [6.07, 6.45) is 8.58. The fourth-order valence-corrected chi connectivity index (χ4v) is 3.70. The smallest absolute Gasteiger partial charge is 0.124 e. The van der Waals surface area contributed by atoms with Crippen molar-refractivity contribution in [2.75, 3.05) is 13.2 Å². The Kier molecular flexibility index (Phi) is 6.42. The van der Waals surface area contributed by atoms with Crippen LogP contribution in [-0.4, -0.2) is 34.2 Å². The second-order valence-electron chi connectivity index (χ2n) is 6.69. The van der Waals surface area contributed by atoms with Crippen molar-refractivity contribution in [1.29, 1.82) is 0 Å². The monoisotopic (exact) mass is 340 g/mol. The largest absolute Gasteiger partial charge is 0.494 e. The number of aryl methyl sites for hydroxylation is 1. The zero-order chi connectivity index (χ0) is 17.5. The van der Waals surface area contributed by atoms with E-state index in [9.17, 15) is 5.11 Å². The highest BCUT2D eigenvalue weighted by atomic mass is 16.5. The number of hydrogen-bond acceptors (Lipinski definition) is 4. The van der Waals surface area contributed by atoms with Gasteiger partial charge in [0.25, 0.3) is 0 Å². The average molecular weight is 340 g/mol. The van der Waals surface area contributed by atoms with Crippen molar-refractivity contribution < 1.29 is 9.84 Å². The minimum absolute atomic E-state index is 0.0225. The van der Waals surface area contributed by atoms with Gasteiger partial charge in [-0.1, -0.05) is 6.07 Å². The normalized spacial score (nSPS) is 17.8. The molecule has 1 aliphatic rings. The van der Waals surface area contributed by atoms with E-state index in [0.717, 1.165) is 30.8 Å². The summed E-state index contributed by atoms with van der Waals surface area (Å²) >= 11 is 0. The van der Waals surface area contributed by atoms with Crippen LogP contribution in [0.15, 0.2) is 42.7 Å². The quantitative estimate of drug-likeness (QED) is 0.798. The van der Waals surface area contributed by atoms with E-state index in [-0.39, 0.29) is 6.61 Å². The lowest BCUT2D eigenvalue weighted by Gasteiger charge is -2.25. The Labute approximate surface area is 150 Å². The number of likely N-dealkylation sites (tertiary alicyclic amines) is 1. The first-order valence-electron chi connectivity index (χ1n) is 9.28. The number of aliphatic hydroxyl groups excluding tert-OH is 1. The molecule has 1 N–H and O–H groups in total.